The molecule has 60 valence electrons. The first-order chi connectivity index (χ1) is 4.54. The molecule has 4 nitrogen and oxygen atoms in total. The minimum Gasteiger partial charge on any atom is -0.371 e. The third-order valence-corrected chi connectivity index (χ3v) is 1.83. The van der Waals surface area contributed by atoms with Crippen LogP contribution in [0.25, 0.3) is 0 Å². The zero-order valence-corrected chi connectivity index (χ0v) is 6.37. The molecule has 1 atom stereocenters. The van der Waals surface area contributed by atoms with Crippen molar-refractivity contribution in [2.75, 3.05) is 13.2 Å². The van der Waals surface area contributed by atoms with Crippen molar-refractivity contribution in [3.05, 3.63) is 0 Å². The topological polar surface area (TPSA) is 58.7 Å². The maximum Gasteiger partial charge on any atom is 0.110 e. The largest absolute Gasteiger partial charge is 0.371 e. The lowest BCUT2D eigenvalue weighted by Crippen LogP contribution is -2.60. The Hall–Kier alpha value is -0.160. The third kappa shape index (κ3) is 1.29. The summed E-state index contributed by atoms with van der Waals surface area (Å²) in [5, 5.41) is 10.3. The number of nitrogens with two attached hydrogens (primary N) is 1. The average molecular weight is 146 g/mol. The molecule has 1 saturated heterocycles. The van der Waals surface area contributed by atoms with Crippen LogP contribution in [0.3, 0.4) is 0 Å². The Bertz CT molecular complexity index is 127. The summed E-state index contributed by atoms with van der Waals surface area (Å²) in [6.07, 6.45) is -0.416. The predicted octanol–water partition coefficient (Wildman–Crippen LogP) is -0.229. The number of rotatable bonds is 0. The number of ether oxygens (including phenoxy) is 1. The van der Waals surface area contributed by atoms with E-state index in [1.54, 1.807) is 0 Å². The van der Waals surface area contributed by atoms with Crippen LogP contribution in [-0.2, 0) is 4.74 Å². The fraction of sp³-hybridized carbons (Fsp3) is 1.00. The molecule has 0 bridgehead atoms. The molecule has 10 heavy (non-hydrogen) atoms. The molecule has 0 saturated carbocycles. The van der Waals surface area contributed by atoms with Gasteiger partial charge in [-0.3, -0.25) is 0 Å². The Morgan fingerprint density at radius 1 is 1.70 bits per heavy atom. The first kappa shape index (κ1) is 7.94. The van der Waals surface area contributed by atoms with Crippen LogP contribution in [0.2, 0.25) is 0 Å². The Balaban J connectivity index is 2.60. The molecular formula is C6H14N2O2. The van der Waals surface area contributed by atoms with Crippen molar-refractivity contribution in [1.29, 1.82) is 0 Å². The summed E-state index contributed by atoms with van der Waals surface area (Å²) in [5.74, 6) is 0. The maximum atomic E-state index is 9.14. The fourth-order valence-corrected chi connectivity index (χ4v) is 0.986. The highest BCUT2D eigenvalue weighted by Gasteiger charge is 2.35. The molecule has 0 amide bonds. The molecule has 1 fully saturated rings. The van der Waals surface area contributed by atoms with Gasteiger partial charge in [0.2, 0.25) is 0 Å². The van der Waals surface area contributed by atoms with Crippen LogP contribution in [0.1, 0.15) is 13.8 Å². The Kier molecular flexibility index (Phi) is 1.96. The van der Waals surface area contributed by atoms with Crippen molar-refractivity contribution in [3.63, 3.8) is 0 Å². The van der Waals surface area contributed by atoms with Gasteiger partial charge in [0.15, 0.2) is 0 Å². The van der Waals surface area contributed by atoms with Gasteiger partial charge in [0.1, 0.15) is 6.17 Å². The van der Waals surface area contributed by atoms with E-state index in [0.717, 1.165) is 5.06 Å². The van der Waals surface area contributed by atoms with Gasteiger partial charge in [0, 0.05) is 6.54 Å². The van der Waals surface area contributed by atoms with Gasteiger partial charge in [-0.1, -0.05) is 0 Å². The highest BCUT2D eigenvalue weighted by Crippen LogP contribution is 2.18. The molecular weight excluding hydrogens is 132 g/mol. The van der Waals surface area contributed by atoms with Gasteiger partial charge in [0.25, 0.3) is 0 Å². The van der Waals surface area contributed by atoms with Crippen LogP contribution in [0, 0.1) is 0 Å². The molecule has 4 heteroatoms. The highest BCUT2D eigenvalue weighted by molar-refractivity contribution is 4.83. The Labute approximate surface area is 60.5 Å². The summed E-state index contributed by atoms with van der Waals surface area (Å²) in [6.45, 7) is 4.75. The van der Waals surface area contributed by atoms with Crippen molar-refractivity contribution in [2.24, 2.45) is 5.73 Å². The molecule has 1 aliphatic heterocycles. The molecule has 1 aliphatic rings. The van der Waals surface area contributed by atoms with Gasteiger partial charge >= 0.3 is 0 Å². The monoisotopic (exact) mass is 146 g/mol. The lowest BCUT2D eigenvalue weighted by molar-refractivity contribution is -0.234. The zero-order valence-electron chi connectivity index (χ0n) is 6.37. The third-order valence-electron chi connectivity index (χ3n) is 1.83. The van der Waals surface area contributed by atoms with Gasteiger partial charge in [-0.05, 0) is 13.8 Å². The van der Waals surface area contributed by atoms with Crippen LogP contribution in [0.15, 0.2) is 0 Å². The van der Waals surface area contributed by atoms with Crippen LogP contribution < -0.4 is 5.73 Å². The summed E-state index contributed by atoms with van der Waals surface area (Å²) in [5.41, 5.74) is 5.17. The van der Waals surface area contributed by atoms with Gasteiger partial charge in [-0.25, -0.2) is 0 Å². The molecule has 0 aromatic rings. The van der Waals surface area contributed by atoms with E-state index >= 15 is 0 Å². The van der Waals surface area contributed by atoms with E-state index in [1.807, 2.05) is 13.8 Å². The summed E-state index contributed by atoms with van der Waals surface area (Å²) >= 11 is 0. The molecule has 0 radical (unpaired) electrons. The van der Waals surface area contributed by atoms with Gasteiger partial charge in [-0.15, -0.1) is 0 Å². The van der Waals surface area contributed by atoms with Crippen molar-refractivity contribution in [2.45, 2.75) is 25.6 Å². The van der Waals surface area contributed by atoms with Crippen molar-refractivity contribution in [1.82, 2.24) is 5.06 Å². The smallest absolute Gasteiger partial charge is 0.110 e. The van der Waals surface area contributed by atoms with E-state index < -0.39 is 11.8 Å². The maximum absolute atomic E-state index is 9.14. The quantitative estimate of drug-likeness (QED) is 0.495. The second-order valence-corrected chi connectivity index (χ2v) is 3.06. The summed E-state index contributed by atoms with van der Waals surface area (Å²) in [6, 6.07) is 0. The fourth-order valence-electron chi connectivity index (χ4n) is 0.986. The second kappa shape index (κ2) is 2.47. The summed E-state index contributed by atoms with van der Waals surface area (Å²) in [7, 11) is 0. The van der Waals surface area contributed by atoms with Crippen molar-refractivity contribution in [3.8, 4) is 0 Å². The first-order valence-corrected chi connectivity index (χ1v) is 3.39. The van der Waals surface area contributed by atoms with E-state index in [1.165, 1.54) is 0 Å². The molecule has 1 heterocycles. The highest BCUT2D eigenvalue weighted by atomic mass is 16.6. The SMILES string of the molecule is CC1(C)OCCN(O)C1N. The van der Waals surface area contributed by atoms with E-state index in [0.29, 0.717) is 13.2 Å². The lowest BCUT2D eigenvalue weighted by Gasteiger charge is -2.40. The van der Waals surface area contributed by atoms with Crippen molar-refractivity contribution < 1.29 is 9.94 Å². The van der Waals surface area contributed by atoms with Gasteiger partial charge < -0.3 is 15.7 Å². The van der Waals surface area contributed by atoms with Gasteiger partial charge in [0.05, 0.1) is 12.2 Å². The minimum absolute atomic E-state index is 0.416. The number of hydroxylamine groups is 2. The normalized spacial score (nSPS) is 34.2. The predicted molar refractivity (Wildman–Crippen MR) is 36.5 cm³/mol. The molecule has 1 rings (SSSR count). The minimum atomic E-state index is -0.438. The molecule has 1 unspecified atom stereocenters. The second-order valence-electron chi connectivity index (χ2n) is 3.06. The molecule has 3 N–H and O–H groups in total. The van der Waals surface area contributed by atoms with E-state index in [-0.39, 0.29) is 0 Å². The number of hydrogen-bond acceptors (Lipinski definition) is 4. The van der Waals surface area contributed by atoms with Crippen LogP contribution in [0.5, 0.6) is 0 Å². The van der Waals surface area contributed by atoms with Crippen LogP contribution in [-0.4, -0.2) is 35.2 Å². The lowest BCUT2D eigenvalue weighted by atomic mass is 10.0. The molecule has 0 spiro atoms. The Morgan fingerprint density at radius 2 is 2.30 bits per heavy atom. The Morgan fingerprint density at radius 3 is 2.70 bits per heavy atom. The van der Waals surface area contributed by atoms with E-state index in [9.17, 15) is 0 Å². The van der Waals surface area contributed by atoms with Crippen LogP contribution in [0.4, 0.5) is 0 Å². The number of nitrogens with zero attached hydrogens (tertiary/aromatic N) is 1. The number of morpholine rings is 1. The van der Waals surface area contributed by atoms with E-state index in [4.69, 9.17) is 15.7 Å². The van der Waals surface area contributed by atoms with Gasteiger partial charge in [-0.2, -0.15) is 5.06 Å². The van der Waals surface area contributed by atoms with Crippen molar-refractivity contribution >= 4 is 0 Å². The summed E-state index contributed by atoms with van der Waals surface area (Å²) in [4.78, 5) is 0. The first-order valence-electron chi connectivity index (χ1n) is 3.39. The number of hydrogen-bond donors (Lipinski definition) is 2. The molecule has 0 aromatic heterocycles. The average Bonchev–Trinajstić information content (AvgIpc) is 1.83. The zero-order chi connectivity index (χ0) is 7.78. The standard InChI is InChI=1S/C6H14N2O2/c1-6(2)5(7)8(9)3-4-10-6/h5,9H,3-4,7H2,1-2H3. The molecule has 0 aliphatic carbocycles. The van der Waals surface area contributed by atoms with E-state index in [2.05, 4.69) is 0 Å². The molecule has 0 aromatic carbocycles. The summed E-state index contributed by atoms with van der Waals surface area (Å²) < 4.78 is 5.32. The van der Waals surface area contributed by atoms with Crippen LogP contribution >= 0.6 is 0 Å².